The van der Waals surface area contributed by atoms with E-state index in [1.54, 1.807) is 11.8 Å². The van der Waals surface area contributed by atoms with Crippen LogP contribution in [-0.4, -0.2) is 52.2 Å². The van der Waals surface area contributed by atoms with E-state index in [1.165, 1.54) is 0 Å². The number of aliphatic carboxylic acids is 2. The van der Waals surface area contributed by atoms with E-state index in [-0.39, 0.29) is 12.8 Å². The van der Waals surface area contributed by atoms with Crippen LogP contribution in [0.3, 0.4) is 0 Å². The molecule has 2 atom stereocenters. The second-order valence-corrected chi connectivity index (χ2v) is 4.66. The van der Waals surface area contributed by atoms with Gasteiger partial charge in [-0.2, -0.15) is 11.8 Å². The molecule has 1 amide bonds. The smallest absolute Gasteiger partial charge is 0.320 e. The zero-order valence-corrected chi connectivity index (χ0v) is 11.6. The van der Waals surface area contributed by atoms with Crippen LogP contribution < -0.4 is 17.2 Å². The van der Waals surface area contributed by atoms with Crippen LogP contribution in [0.1, 0.15) is 19.3 Å². The van der Waals surface area contributed by atoms with E-state index in [2.05, 4.69) is 0 Å². The van der Waals surface area contributed by atoms with Gasteiger partial charge in [-0.3, -0.25) is 14.4 Å². The van der Waals surface area contributed by atoms with Crippen LogP contribution in [0.5, 0.6) is 0 Å². The molecule has 0 aliphatic carbocycles. The summed E-state index contributed by atoms with van der Waals surface area (Å²) in [6.07, 6.45) is 2.60. The van der Waals surface area contributed by atoms with Crippen molar-refractivity contribution in [2.45, 2.75) is 31.3 Å². The van der Waals surface area contributed by atoms with Crippen LogP contribution in [0.2, 0.25) is 0 Å². The van der Waals surface area contributed by atoms with Gasteiger partial charge in [0.05, 0.1) is 0 Å². The molecule has 0 aliphatic heterocycles. The highest BCUT2D eigenvalue weighted by atomic mass is 32.2. The largest absolute Gasteiger partial charge is 0.480 e. The molecule has 0 unspecified atom stereocenters. The van der Waals surface area contributed by atoms with E-state index in [9.17, 15) is 14.4 Å². The first kappa shape index (κ1) is 20.0. The molecule has 9 heteroatoms. The Morgan fingerprint density at radius 3 is 1.79 bits per heavy atom. The maximum atomic E-state index is 10.1. The van der Waals surface area contributed by atoms with Crippen LogP contribution in [0.4, 0.5) is 0 Å². The molecule has 0 bridgehead atoms. The fourth-order valence-corrected chi connectivity index (χ4v) is 1.28. The van der Waals surface area contributed by atoms with Gasteiger partial charge in [0.15, 0.2) is 0 Å². The summed E-state index contributed by atoms with van der Waals surface area (Å²) in [5, 5.41) is 16.5. The molecule has 0 radical (unpaired) electrons. The first-order valence-corrected chi connectivity index (χ1v) is 6.85. The highest BCUT2D eigenvalue weighted by Crippen LogP contribution is 1.97. The number of nitrogens with two attached hydrogens (primary N) is 3. The number of hydrogen-bond acceptors (Lipinski definition) is 6. The van der Waals surface area contributed by atoms with Crippen molar-refractivity contribution in [1.82, 2.24) is 0 Å². The number of carboxylic acid groups (broad SMARTS) is 2. The van der Waals surface area contributed by atoms with Crippen LogP contribution >= 0.6 is 11.8 Å². The van der Waals surface area contributed by atoms with Crippen molar-refractivity contribution >= 4 is 29.6 Å². The van der Waals surface area contributed by atoms with Gasteiger partial charge in [-0.05, 0) is 24.9 Å². The molecular formula is C10H21N3O5S. The van der Waals surface area contributed by atoms with Gasteiger partial charge < -0.3 is 27.4 Å². The summed E-state index contributed by atoms with van der Waals surface area (Å²) in [5.74, 6) is -1.74. The number of primary amides is 1. The van der Waals surface area contributed by atoms with Crippen molar-refractivity contribution in [3.8, 4) is 0 Å². The summed E-state index contributed by atoms with van der Waals surface area (Å²) < 4.78 is 0. The summed E-state index contributed by atoms with van der Waals surface area (Å²) in [6, 6.07) is -1.66. The minimum Gasteiger partial charge on any atom is -0.480 e. The highest BCUT2D eigenvalue weighted by molar-refractivity contribution is 7.98. The average Bonchev–Trinajstić information content (AvgIpc) is 2.33. The molecule has 0 heterocycles. The van der Waals surface area contributed by atoms with Crippen LogP contribution in [0.15, 0.2) is 0 Å². The van der Waals surface area contributed by atoms with Crippen molar-refractivity contribution < 1.29 is 24.6 Å². The topological polar surface area (TPSA) is 170 Å². The van der Waals surface area contributed by atoms with Gasteiger partial charge >= 0.3 is 11.9 Å². The lowest BCUT2D eigenvalue weighted by Crippen LogP contribution is -2.31. The van der Waals surface area contributed by atoms with Crippen LogP contribution in [0.25, 0.3) is 0 Å². The third-order valence-corrected chi connectivity index (χ3v) is 2.61. The Bertz CT molecular complexity index is 301. The molecule has 0 aliphatic rings. The second kappa shape index (κ2) is 11.8. The minimum atomic E-state index is -1.11. The minimum absolute atomic E-state index is 0.0213. The number of thioether (sulfide) groups is 1. The third kappa shape index (κ3) is 14.6. The van der Waals surface area contributed by atoms with E-state index in [4.69, 9.17) is 27.4 Å². The SMILES string of the molecule is CSCC[C@H](N)C(=O)O.NC(=O)CC[C@H](N)C(=O)O. The predicted molar refractivity (Wildman–Crippen MR) is 72.6 cm³/mol. The standard InChI is InChI=1S/C5H10N2O3.C5H11NO2S/c6-3(5(9)10)1-2-4(7)8;1-9-3-2-4(6)5(7)8/h3H,1-2,6H2,(H2,7,8)(H,9,10);4H,2-3,6H2,1H3,(H,7,8)/t3-;4-/m00/s1. The molecule has 112 valence electrons. The van der Waals surface area contributed by atoms with Crippen molar-refractivity contribution in [3.05, 3.63) is 0 Å². The second-order valence-electron chi connectivity index (χ2n) is 3.68. The summed E-state index contributed by atoms with van der Waals surface area (Å²) in [7, 11) is 0. The number of hydrogen-bond donors (Lipinski definition) is 5. The van der Waals surface area contributed by atoms with Gasteiger partial charge in [-0.15, -0.1) is 0 Å². The molecule has 0 saturated carbocycles. The Morgan fingerprint density at radius 1 is 1.05 bits per heavy atom. The van der Waals surface area contributed by atoms with E-state index in [0.717, 1.165) is 5.75 Å². The van der Waals surface area contributed by atoms with Gasteiger partial charge in [0.25, 0.3) is 0 Å². The summed E-state index contributed by atoms with van der Waals surface area (Å²) in [4.78, 5) is 30.2. The number of rotatable bonds is 8. The molecule has 0 saturated heterocycles. The quantitative estimate of drug-likeness (QED) is 0.372. The van der Waals surface area contributed by atoms with E-state index in [0.29, 0.717) is 6.42 Å². The number of amides is 1. The molecule has 8 N–H and O–H groups in total. The Hall–Kier alpha value is -1.32. The normalized spacial score (nSPS) is 12.8. The van der Waals surface area contributed by atoms with Crippen molar-refractivity contribution in [2.24, 2.45) is 17.2 Å². The number of carbonyl (C=O) groups is 3. The maximum Gasteiger partial charge on any atom is 0.320 e. The lowest BCUT2D eigenvalue weighted by molar-refractivity contribution is -0.139. The zero-order valence-electron chi connectivity index (χ0n) is 10.7. The van der Waals surface area contributed by atoms with Crippen molar-refractivity contribution in [1.29, 1.82) is 0 Å². The average molecular weight is 295 g/mol. The Labute approximate surface area is 115 Å². The summed E-state index contributed by atoms with van der Waals surface area (Å²) in [6.45, 7) is 0. The first-order valence-electron chi connectivity index (χ1n) is 5.46. The molecule has 0 rings (SSSR count). The lowest BCUT2D eigenvalue weighted by Gasteiger charge is -2.02. The fraction of sp³-hybridized carbons (Fsp3) is 0.700. The molecule has 0 spiro atoms. The Morgan fingerprint density at radius 2 is 1.47 bits per heavy atom. The van der Waals surface area contributed by atoms with Crippen LogP contribution in [0, 0.1) is 0 Å². The maximum absolute atomic E-state index is 10.1. The molecule has 19 heavy (non-hydrogen) atoms. The van der Waals surface area contributed by atoms with Gasteiger partial charge in [-0.1, -0.05) is 0 Å². The lowest BCUT2D eigenvalue weighted by atomic mass is 10.2. The van der Waals surface area contributed by atoms with E-state index < -0.39 is 29.9 Å². The van der Waals surface area contributed by atoms with Crippen molar-refractivity contribution in [2.75, 3.05) is 12.0 Å². The summed E-state index contributed by atoms with van der Waals surface area (Å²) >= 11 is 1.60. The molecule has 0 fully saturated rings. The zero-order chi connectivity index (χ0) is 15.4. The fourth-order valence-electron chi connectivity index (χ4n) is 0.790. The van der Waals surface area contributed by atoms with Gasteiger partial charge in [0.1, 0.15) is 12.1 Å². The molecule has 0 aromatic rings. The third-order valence-electron chi connectivity index (χ3n) is 1.97. The van der Waals surface area contributed by atoms with E-state index >= 15 is 0 Å². The molecular weight excluding hydrogens is 274 g/mol. The monoisotopic (exact) mass is 295 g/mol. The van der Waals surface area contributed by atoms with E-state index in [1.807, 2.05) is 6.26 Å². The van der Waals surface area contributed by atoms with Gasteiger partial charge in [0.2, 0.25) is 5.91 Å². The molecule has 0 aromatic carbocycles. The van der Waals surface area contributed by atoms with Gasteiger partial charge in [-0.25, -0.2) is 0 Å². The Kier molecular flexibility index (Phi) is 12.4. The van der Waals surface area contributed by atoms with Crippen LogP contribution in [-0.2, 0) is 14.4 Å². The molecule has 0 aromatic heterocycles. The number of carbonyl (C=O) groups excluding carboxylic acids is 1. The summed E-state index contributed by atoms with van der Waals surface area (Å²) in [5.41, 5.74) is 15.0. The predicted octanol–water partition coefficient (Wildman–Crippen LogP) is -1.18. The first-order chi connectivity index (χ1) is 8.72. The molecule has 8 nitrogen and oxygen atoms in total. The van der Waals surface area contributed by atoms with Crippen molar-refractivity contribution in [3.63, 3.8) is 0 Å². The highest BCUT2D eigenvalue weighted by Gasteiger charge is 2.11. The Balaban J connectivity index is 0. The number of carboxylic acids is 2. The van der Waals surface area contributed by atoms with Gasteiger partial charge in [0, 0.05) is 6.42 Å².